The Morgan fingerprint density at radius 2 is 1.81 bits per heavy atom. The first-order valence-electron chi connectivity index (χ1n) is 7.35. The average molecular weight is 370 g/mol. The van der Waals surface area contributed by atoms with Crippen LogP contribution in [0.25, 0.3) is 16.9 Å². The number of hydrogen-bond donors (Lipinski definition) is 2. The highest BCUT2D eigenvalue weighted by molar-refractivity contribution is 5.74. The van der Waals surface area contributed by atoms with Crippen LogP contribution in [0.1, 0.15) is 0 Å². The van der Waals surface area contributed by atoms with Crippen molar-refractivity contribution in [3.8, 4) is 11.3 Å². The summed E-state index contributed by atoms with van der Waals surface area (Å²) in [6, 6.07) is 1.21. The van der Waals surface area contributed by atoms with Gasteiger partial charge in [-0.15, -0.1) is 0 Å². The molecule has 0 spiro atoms. The molecule has 4 heterocycles. The van der Waals surface area contributed by atoms with Gasteiger partial charge in [0.2, 0.25) is 0 Å². The maximum Gasteiger partial charge on any atom is 0.329 e. The molecule has 3 aromatic heterocycles. The Morgan fingerprint density at radius 1 is 1.12 bits per heavy atom. The van der Waals surface area contributed by atoms with Crippen molar-refractivity contribution in [2.24, 2.45) is 0 Å². The number of halogens is 4. The number of nitrogens with zero attached hydrogens (tertiary/aromatic N) is 4. The van der Waals surface area contributed by atoms with Crippen molar-refractivity contribution < 1.29 is 17.6 Å². The van der Waals surface area contributed by atoms with Gasteiger partial charge in [-0.3, -0.25) is 9.78 Å². The summed E-state index contributed by atoms with van der Waals surface area (Å²) in [5.74, 6) is -8.40. The highest BCUT2D eigenvalue weighted by Gasteiger charge is 2.63. The second-order valence-corrected chi connectivity index (χ2v) is 5.86. The second-order valence-electron chi connectivity index (χ2n) is 5.86. The molecule has 1 fully saturated rings. The molecule has 1 aliphatic rings. The van der Waals surface area contributed by atoms with Gasteiger partial charge in [-0.05, 0) is 6.07 Å². The number of imidazole rings is 1. The Labute approximate surface area is 141 Å². The zero-order valence-electron chi connectivity index (χ0n) is 12.8. The minimum absolute atomic E-state index is 0.00142. The Hall–Kier alpha value is -3.18. The number of aromatic amines is 2. The lowest BCUT2D eigenvalue weighted by molar-refractivity contribution is -0.172. The van der Waals surface area contributed by atoms with Gasteiger partial charge in [0.15, 0.2) is 5.65 Å². The fourth-order valence-electron chi connectivity index (χ4n) is 2.80. The molecule has 0 saturated carbocycles. The molecule has 4 rings (SSSR count). The minimum atomic E-state index is -4.20. The Balaban J connectivity index is 1.89. The highest BCUT2D eigenvalue weighted by atomic mass is 19.3. The number of rotatable bonds is 2. The van der Waals surface area contributed by atoms with Gasteiger partial charge in [0, 0.05) is 18.6 Å². The molecule has 12 heteroatoms. The third-order valence-electron chi connectivity index (χ3n) is 4.09. The van der Waals surface area contributed by atoms with Crippen molar-refractivity contribution in [1.82, 2.24) is 24.6 Å². The van der Waals surface area contributed by atoms with Gasteiger partial charge in [-0.1, -0.05) is 0 Å². The monoisotopic (exact) mass is 370 g/mol. The van der Waals surface area contributed by atoms with E-state index in [2.05, 4.69) is 15.1 Å². The SMILES string of the molecule is O=c1[nH]cc(-c2cc(N3CC(F)(F)C(F)(F)C3)c3nccn3n2)c(=O)[nH]1. The molecule has 0 radical (unpaired) electrons. The lowest BCUT2D eigenvalue weighted by Gasteiger charge is -2.18. The third-order valence-corrected chi connectivity index (χ3v) is 4.09. The molecule has 0 amide bonds. The summed E-state index contributed by atoms with van der Waals surface area (Å²) in [4.78, 5) is 32.1. The highest BCUT2D eigenvalue weighted by Crippen LogP contribution is 2.43. The topological polar surface area (TPSA) is 99.2 Å². The van der Waals surface area contributed by atoms with Gasteiger partial charge in [-0.2, -0.15) is 22.7 Å². The maximum atomic E-state index is 13.6. The quantitative estimate of drug-likeness (QED) is 0.652. The second kappa shape index (κ2) is 5.16. The van der Waals surface area contributed by atoms with E-state index in [4.69, 9.17) is 0 Å². The molecule has 26 heavy (non-hydrogen) atoms. The van der Waals surface area contributed by atoms with Gasteiger partial charge in [-0.25, -0.2) is 14.3 Å². The Morgan fingerprint density at radius 3 is 2.46 bits per heavy atom. The standard InChI is InChI=1S/C14H10F4N6O2/c15-13(16)5-23(6-14(13,17)18)9-3-8(22-24-2-1-19-10(9)24)7-4-20-12(26)21-11(7)25/h1-4H,5-6H2,(H2,20,21,25,26). The number of fused-ring (bicyclic) bond motifs is 1. The fraction of sp³-hybridized carbons (Fsp3) is 0.286. The van der Waals surface area contributed by atoms with Crippen LogP contribution in [0.15, 0.2) is 34.2 Å². The van der Waals surface area contributed by atoms with Crippen LogP contribution in [0.4, 0.5) is 23.2 Å². The fourth-order valence-corrected chi connectivity index (χ4v) is 2.80. The largest absolute Gasteiger partial charge is 0.356 e. The molecule has 0 unspecified atom stereocenters. The molecular weight excluding hydrogens is 360 g/mol. The molecule has 0 bridgehead atoms. The van der Waals surface area contributed by atoms with Gasteiger partial charge < -0.3 is 9.88 Å². The van der Waals surface area contributed by atoms with E-state index >= 15 is 0 Å². The Bertz CT molecular complexity index is 1100. The van der Waals surface area contributed by atoms with Crippen molar-refractivity contribution in [2.75, 3.05) is 18.0 Å². The van der Waals surface area contributed by atoms with Crippen LogP contribution in [0.2, 0.25) is 0 Å². The van der Waals surface area contributed by atoms with Crippen LogP contribution < -0.4 is 16.1 Å². The smallest absolute Gasteiger partial charge is 0.329 e. The molecule has 136 valence electrons. The predicted molar refractivity (Wildman–Crippen MR) is 81.8 cm³/mol. The predicted octanol–water partition coefficient (Wildman–Crippen LogP) is 0.863. The lowest BCUT2D eigenvalue weighted by atomic mass is 10.2. The van der Waals surface area contributed by atoms with Crippen molar-refractivity contribution in [1.29, 1.82) is 0 Å². The molecule has 8 nitrogen and oxygen atoms in total. The first kappa shape index (κ1) is 16.3. The van der Waals surface area contributed by atoms with E-state index in [9.17, 15) is 27.2 Å². The number of alkyl halides is 4. The van der Waals surface area contributed by atoms with Crippen LogP contribution in [0.3, 0.4) is 0 Å². The summed E-state index contributed by atoms with van der Waals surface area (Å²) < 4.78 is 55.5. The number of aromatic nitrogens is 5. The van der Waals surface area contributed by atoms with Gasteiger partial charge >= 0.3 is 17.5 Å². The van der Waals surface area contributed by atoms with E-state index in [1.165, 1.54) is 23.0 Å². The molecule has 3 aromatic rings. The van der Waals surface area contributed by atoms with E-state index < -0.39 is 36.2 Å². The zero-order chi connectivity index (χ0) is 18.7. The number of H-pyrrole nitrogens is 2. The summed E-state index contributed by atoms with van der Waals surface area (Å²) in [6.45, 7) is -2.40. The van der Waals surface area contributed by atoms with Crippen molar-refractivity contribution in [3.63, 3.8) is 0 Å². The molecule has 1 aliphatic heterocycles. The molecule has 1 saturated heterocycles. The molecule has 0 atom stereocenters. The number of nitrogens with one attached hydrogen (secondary N) is 2. The summed E-state index contributed by atoms with van der Waals surface area (Å²) in [7, 11) is 0. The van der Waals surface area contributed by atoms with Crippen molar-refractivity contribution >= 4 is 11.3 Å². The van der Waals surface area contributed by atoms with Crippen molar-refractivity contribution in [2.45, 2.75) is 11.8 Å². The summed E-state index contributed by atoms with van der Waals surface area (Å²) >= 11 is 0. The van der Waals surface area contributed by atoms with Crippen LogP contribution in [0, 0.1) is 0 Å². The van der Waals surface area contributed by atoms with Gasteiger partial charge in [0.05, 0.1) is 24.3 Å². The van der Waals surface area contributed by atoms with Crippen LogP contribution in [-0.2, 0) is 0 Å². The normalized spacial score (nSPS) is 18.5. The van der Waals surface area contributed by atoms with E-state index in [0.29, 0.717) is 0 Å². The van der Waals surface area contributed by atoms with Crippen LogP contribution in [0.5, 0.6) is 0 Å². The average Bonchev–Trinajstić information content (AvgIpc) is 3.08. The summed E-state index contributed by atoms with van der Waals surface area (Å²) in [6.07, 6.45) is 3.80. The van der Waals surface area contributed by atoms with Crippen LogP contribution >= 0.6 is 0 Å². The zero-order valence-corrected chi connectivity index (χ0v) is 12.8. The summed E-state index contributed by atoms with van der Waals surface area (Å²) in [5, 5.41) is 4.11. The number of anilines is 1. The van der Waals surface area contributed by atoms with E-state index in [-0.39, 0.29) is 22.6 Å². The minimum Gasteiger partial charge on any atom is -0.356 e. The Kier molecular flexibility index (Phi) is 3.23. The first-order valence-corrected chi connectivity index (χ1v) is 7.35. The van der Waals surface area contributed by atoms with Crippen molar-refractivity contribution in [3.05, 3.63) is 45.5 Å². The maximum absolute atomic E-state index is 13.6. The third kappa shape index (κ3) is 2.36. The van der Waals surface area contributed by atoms with E-state index in [1.54, 1.807) is 0 Å². The van der Waals surface area contributed by atoms with Gasteiger partial charge in [0.1, 0.15) is 5.69 Å². The van der Waals surface area contributed by atoms with Gasteiger partial charge in [0.25, 0.3) is 5.56 Å². The molecular formula is C14H10F4N6O2. The molecule has 0 aromatic carbocycles. The van der Waals surface area contributed by atoms with E-state index in [0.717, 1.165) is 11.1 Å². The first-order chi connectivity index (χ1) is 12.2. The summed E-state index contributed by atoms with van der Waals surface area (Å²) in [5.41, 5.74) is -1.49. The number of hydrogen-bond acceptors (Lipinski definition) is 5. The lowest BCUT2D eigenvalue weighted by Crippen LogP contribution is -2.38. The molecule has 2 N–H and O–H groups in total. The van der Waals surface area contributed by atoms with Crippen LogP contribution in [-0.4, -0.2) is 49.5 Å². The van der Waals surface area contributed by atoms with E-state index in [1.807, 2.05) is 4.98 Å². The molecule has 0 aliphatic carbocycles.